The lowest BCUT2D eigenvalue weighted by Crippen LogP contribution is -2.59. The van der Waals surface area contributed by atoms with Crippen molar-refractivity contribution in [1.29, 1.82) is 5.26 Å². The van der Waals surface area contributed by atoms with Crippen LogP contribution in [0.4, 0.5) is 11.6 Å². The van der Waals surface area contributed by atoms with E-state index in [1.807, 2.05) is 4.90 Å². The molecule has 5 rings (SSSR count). The Bertz CT molecular complexity index is 1100. The van der Waals surface area contributed by atoms with E-state index in [1.54, 1.807) is 4.90 Å². The number of rotatable bonds is 7. The van der Waals surface area contributed by atoms with Crippen molar-refractivity contribution >= 4 is 23.5 Å². The van der Waals surface area contributed by atoms with Gasteiger partial charge in [-0.25, -0.2) is 0 Å². The number of likely N-dealkylation sites (N-methyl/N-ethyl adjacent to an activating group) is 1. The predicted octanol–water partition coefficient (Wildman–Crippen LogP) is 0.500. The van der Waals surface area contributed by atoms with Gasteiger partial charge in [0.2, 0.25) is 11.8 Å². The van der Waals surface area contributed by atoms with Crippen LogP contribution in [0.2, 0.25) is 0 Å². The average Bonchev–Trinajstić information content (AvgIpc) is 3.60. The second-order valence-corrected chi connectivity index (χ2v) is 10.6. The van der Waals surface area contributed by atoms with Gasteiger partial charge in [0.05, 0.1) is 0 Å². The summed E-state index contributed by atoms with van der Waals surface area (Å²) in [5.41, 5.74) is 6.01. The first-order valence-corrected chi connectivity index (χ1v) is 12.7. The van der Waals surface area contributed by atoms with Crippen molar-refractivity contribution in [1.82, 2.24) is 19.8 Å². The number of hydrogen-bond donors (Lipinski definition) is 1. The van der Waals surface area contributed by atoms with E-state index in [9.17, 15) is 14.9 Å². The first-order valence-electron chi connectivity index (χ1n) is 12.7. The number of hydrogen-bond acceptors (Lipinski definition) is 9. The van der Waals surface area contributed by atoms with Crippen LogP contribution in [0.5, 0.6) is 6.01 Å². The van der Waals surface area contributed by atoms with Crippen molar-refractivity contribution in [2.24, 2.45) is 11.1 Å². The van der Waals surface area contributed by atoms with Crippen LogP contribution in [-0.2, 0) is 9.59 Å². The van der Waals surface area contributed by atoms with Gasteiger partial charge in [-0.05, 0) is 51.8 Å². The third-order valence-electron chi connectivity index (χ3n) is 8.17. The van der Waals surface area contributed by atoms with Crippen LogP contribution in [0.1, 0.15) is 37.7 Å². The minimum atomic E-state index is -0.510. The Kier molecular flexibility index (Phi) is 6.47. The molecule has 2 N–H and O–H groups in total. The number of nitriles is 1. The molecular weight excluding hydrogens is 460 g/mol. The number of nitrogens with two attached hydrogens (primary N) is 1. The normalized spacial score (nSPS) is 25.2. The van der Waals surface area contributed by atoms with Crippen LogP contribution in [0.3, 0.4) is 0 Å². The summed E-state index contributed by atoms with van der Waals surface area (Å²) in [6.07, 6.45) is 5.85. The zero-order chi connectivity index (χ0) is 25.4. The second-order valence-electron chi connectivity index (χ2n) is 10.6. The van der Waals surface area contributed by atoms with Gasteiger partial charge in [0.25, 0.3) is 0 Å². The molecule has 2 atom stereocenters. The summed E-state index contributed by atoms with van der Waals surface area (Å²) in [6, 6.07) is 2.30. The molecule has 0 aromatic carbocycles. The minimum Gasteiger partial charge on any atom is -0.462 e. The lowest BCUT2D eigenvalue weighted by molar-refractivity contribution is -0.136. The first kappa shape index (κ1) is 24.3. The molecule has 0 radical (unpaired) electrons. The Hall–Kier alpha value is -3.39. The van der Waals surface area contributed by atoms with Gasteiger partial charge in [0.1, 0.15) is 24.3 Å². The molecule has 4 aliphatic heterocycles. The zero-order valence-electron chi connectivity index (χ0n) is 20.9. The molecule has 0 saturated carbocycles. The van der Waals surface area contributed by atoms with E-state index in [0.29, 0.717) is 69.0 Å². The fourth-order valence-corrected chi connectivity index (χ4v) is 6.12. The average molecular weight is 495 g/mol. The number of likely N-dealkylation sites (tertiary alicyclic amines) is 2. The number of nitrogens with zero attached hydrogens (tertiary/aromatic N) is 7. The predicted molar refractivity (Wildman–Crippen MR) is 133 cm³/mol. The number of primary amides is 1. The zero-order valence-corrected chi connectivity index (χ0v) is 20.9. The number of carbonyl (C=O) groups is 2. The number of amides is 2. The molecular formula is C25H34N8O3. The number of ether oxygens (including phenoxy) is 1. The summed E-state index contributed by atoms with van der Waals surface area (Å²) in [5, 5.41) is 10.2. The highest BCUT2D eigenvalue weighted by molar-refractivity contribution is 5.88. The molecule has 4 saturated heterocycles. The highest BCUT2D eigenvalue weighted by Crippen LogP contribution is 2.43. The quantitative estimate of drug-likeness (QED) is 0.538. The Morgan fingerprint density at radius 1 is 1.19 bits per heavy atom. The van der Waals surface area contributed by atoms with Gasteiger partial charge in [-0.15, -0.1) is 0 Å². The topological polar surface area (TPSA) is 132 Å². The third-order valence-corrected chi connectivity index (χ3v) is 8.17. The monoisotopic (exact) mass is 494 g/mol. The summed E-state index contributed by atoms with van der Waals surface area (Å²) in [6.45, 7) is 8.40. The van der Waals surface area contributed by atoms with Crippen molar-refractivity contribution in [3.63, 3.8) is 0 Å². The van der Waals surface area contributed by atoms with Gasteiger partial charge in [0.15, 0.2) is 11.6 Å². The summed E-state index contributed by atoms with van der Waals surface area (Å²) < 4.78 is 6.10. The largest absolute Gasteiger partial charge is 0.462 e. The second kappa shape index (κ2) is 9.58. The molecule has 1 aromatic rings. The maximum Gasteiger partial charge on any atom is 0.320 e. The molecule has 4 fully saturated rings. The van der Waals surface area contributed by atoms with Crippen molar-refractivity contribution in [3.8, 4) is 12.1 Å². The fraction of sp³-hybridized carbons (Fsp3) is 0.640. The smallest absolute Gasteiger partial charge is 0.320 e. The maximum absolute atomic E-state index is 12.2. The maximum atomic E-state index is 12.2. The standard InChI is InChI=1S/C25H34N8O3/c1-3-20(34)32-15-25(16-32)8-11-31(14-25)22-18(12-26)23(33-10-5-7-19(33)21(27)35)29-24(28-22)36-13-17-6-4-9-30(17)2/h3,17,19H,1,4-11,13-16H2,2H3,(H2,27,35)/t17-,19-/m0/s1. The molecule has 1 aromatic heterocycles. The van der Waals surface area contributed by atoms with Crippen LogP contribution in [0, 0.1) is 16.7 Å². The summed E-state index contributed by atoms with van der Waals surface area (Å²) in [4.78, 5) is 41.5. The van der Waals surface area contributed by atoms with Crippen LogP contribution in [0.25, 0.3) is 0 Å². The van der Waals surface area contributed by atoms with E-state index in [1.165, 1.54) is 6.08 Å². The minimum absolute atomic E-state index is 0.0203. The lowest BCUT2D eigenvalue weighted by atomic mass is 9.79. The molecule has 0 unspecified atom stereocenters. The Labute approximate surface area is 211 Å². The number of aromatic nitrogens is 2. The van der Waals surface area contributed by atoms with Crippen LogP contribution < -0.4 is 20.3 Å². The summed E-state index contributed by atoms with van der Waals surface area (Å²) in [5.74, 6) is 0.461. The van der Waals surface area contributed by atoms with E-state index in [2.05, 4.69) is 34.5 Å². The van der Waals surface area contributed by atoms with Gasteiger partial charge in [-0.1, -0.05) is 6.58 Å². The molecule has 11 heteroatoms. The van der Waals surface area contributed by atoms with Gasteiger partial charge in [-0.3, -0.25) is 9.59 Å². The van der Waals surface area contributed by atoms with Crippen molar-refractivity contribution in [3.05, 3.63) is 18.2 Å². The highest BCUT2D eigenvalue weighted by Gasteiger charge is 2.49. The molecule has 0 bridgehead atoms. The third kappa shape index (κ3) is 4.34. The van der Waals surface area contributed by atoms with Gasteiger partial charge in [-0.2, -0.15) is 15.2 Å². The summed E-state index contributed by atoms with van der Waals surface area (Å²) in [7, 11) is 2.09. The van der Waals surface area contributed by atoms with Crippen molar-refractivity contribution < 1.29 is 14.3 Å². The van der Waals surface area contributed by atoms with E-state index in [0.717, 1.165) is 32.2 Å². The van der Waals surface area contributed by atoms with Crippen LogP contribution in [0.15, 0.2) is 12.7 Å². The molecule has 0 aliphatic carbocycles. The van der Waals surface area contributed by atoms with Gasteiger partial charge < -0.3 is 30.1 Å². The van der Waals surface area contributed by atoms with Crippen LogP contribution in [-0.4, -0.2) is 96.6 Å². The molecule has 36 heavy (non-hydrogen) atoms. The van der Waals surface area contributed by atoms with E-state index < -0.39 is 11.9 Å². The molecule has 4 aliphatic rings. The van der Waals surface area contributed by atoms with Gasteiger partial charge in [0, 0.05) is 44.2 Å². The number of anilines is 2. The van der Waals surface area contributed by atoms with Crippen molar-refractivity contribution in [2.45, 2.75) is 44.2 Å². The van der Waals surface area contributed by atoms with Crippen LogP contribution >= 0.6 is 0 Å². The fourth-order valence-electron chi connectivity index (χ4n) is 6.12. The SMILES string of the molecule is C=CC(=O)N1CC2(CCN(c3nc(OC[C@@H]4CCCN4C)nc(N4CCC[C@H]4C(N)=O)c3C#N)C2)C1. The molecule has 5 heterocycles. The highest BCUT2D eigenvalue weighted by atomic mass is 16.5. The number of carbonyl (C=O) groups excluding carboxylic acids is 2. The molecule has 11 nitrogen and oxygen atoms in total. The summed E-state index contributed by atoms with van der Waals surface area (Å²) >= 11 is 0. The molecule has 1 spiro atoms. The van der Waals surface area contributed by atoms with E-state index >= 15 is 0 Å². The Morgan fingerprint density at radius 3 is 2.61 bits per heavy atom. The van der Waals surface area contributed by atoms with Crippen molar-refractivity contribution in [2.75, 3.05) is 62.7 Å². The van der Waals surface area contributed by atoms with E-state index in [4.69, 9.17) is 15.5 Å². The van der Waals surface area contributed by atoms with E-state index in [-0.39, 0.29) is 17.3 Å². The molecule has 2 amide bonds. The Morgan fingerprint density at radius 2 is 1.94 bits per heavy atom. The first-order chi connectivity index (χ1) is 17.3. The Balaban J connectivity index is 1.44. The van der Waals surface area contributed by atoms with Gasteiger partial charge >= 0.3 is 6.01 Å². The molecule has 192 valence electrons. The lowest BCUT2D eigenvalue weighted by Gasteiger charge is -2.47.